The summed E-state index contributed by atoms with van der Waals surface area (Å²) >= 11 is 0. The van der Waals surface area contributed by atoms with Crippen LogP contribution in [0.3, 0.4) is 0 Å². The maximum absolute atomic E-state index is 12.1. The van der Waals surface area contributed by atoms with Crippen LogP contribution in [0.15, 0.2) is 42.5 Å². The van der Waals surface area contributed by atoms with Crippen LogP contribution in [0, 0.1) is 17.0 Å². The highest BCUT2D eigenvalue weighted by Crippen LogP contribution is 2.31. The summed E-state index contributed by atoms with van der Waals surface area (Å²) in [5, 5.41) is 10.7. The van der Waals surface area contributed by atoms with E-state index in [4.69, 9.17) is 4.74 Å². The molecule has 0 N–H and O–H groups in total. The second-order valence-electron chi connectivity index (χ2n) is 5.11. The van der Waals surface area contributed by atoms with E-state index in [-0.39, 0.29) is 11.7 Å². The van der Waals surface area contributed by atoms with Crippen molar-refractivity contribution in [2.75, 3.05) is 0 Å². The first-order valence-corrected chi connectivity index (χ1v) is 6.59. The summed E-state index contributed by atoms with van der Waals surface area (Å²) in [5.41, 5.74) is 3.35. The van der Waals surface area contributed by atoms with Gasteiger partial charge < -0.3 is 4.74 Å². The van der Waals surface area contributed by atoms with Gasteiger partial charge in [-0.25, -0.2) is 4.79 Å². The fourth-order valence-electron chi connectivity index (χ4n) is 2.49. The number of non-ortho nitro benzene ring substituents is 1. The average molecular weight is 283 g/mol. The molecule has 1 unspecified atom stereocenters. The summed E-state index contributed by atoms with van der Waals surface area (Å²) in [4.78, 5) is 22.3. The van der Waals surface area contributed by atoms with Crippen LogP contribution in [-0.2, 0) is 11.2 Å². The number of rotatable bonds is 2. The largest absolute Gasteiger partial charge is 0.454 e. The van der Waals surface area contributed by atoms with Crippen LogP contribution >= 0.6 is 0 Å². The van der Waals surface area contributed by atoms with Gasteiger partial charge in [0.25, 0.3) is 5.69 Å². The quantitative estimate of drug-likeness (QED) is 0.481. The highest BCUT2D eigenvalue weighted by Gasteiger charge is 2.27. The molecule has 1 aliphatic rings. The first-order valence-electron chi connectivity index (χ1n) is 6.59. The van der Waals surface area contributed by atoms with Gasteiger partial charge in [0, 0.05) is 18.6 Å². The van der Waals surface area contributed by atoms with Gasteiger partial charge in [0.15, 0.2) is 0 Å². The summed E-state index contributed by atoms with van der Waals surface area (Å²) in [5.74, 6) is -0.344. The molecule has 5 nitrogen and oxygen atoms in total. The van der Waals surface area contributed by atoms with Gasteiger partial charge in [-0.15, -0.1) is 0 Å². The van der Waals surface area contributed by atoms with Crippen molar-refractivity contribution in [1.29, 1.82) is 0 Å². The Bertz CT molecular complexity index is 722. The van der Waals surface area contributed by atoms with Crippen molar-refractivity contribution in [1.82, 2.24) is 0 Å². The van der Waals surface area contributed by atoms with Gasteiger partial charge in [0.1, 0.15) is 6.10 Å². The van der Waals surface area contributed by atoms with Crippen molar-refractivity contribution in [3.63, 3.8) is 0 Å². The Morgan fingerprint density at radius 2 is 1.90 bits per heavy atom. The first kappa shape index (κ1) is 13.3. The zero-order valence-electron chi connectivity index (χ0n) is 11.4. The number of esters is 1. The topological polar surface area (TPSA) is 69.4 Å². The molecule has 1 heterocycles. The molecule has 2 aromatic carbocycles. The number of nitro groups is 1. The van der Waals surface area contributed by atoms with E-state index in [2.05, 4.69) is 0 Å². The number of ether oxygens (including phenoxy) is 1. The molecule has 0 aromatic heterocycles. The molecule has 0 saturated heterocycles. The van der Waals surface area contributed by atoms with Crippen molar-refractivity contribution in [3.05, 3.63) is 74.8 Å². The monoisotopic (exact) mass is 283 g/mol. The standard InChI is InChI=1S/C16H13NO4/c1-10-2-3-12-9-15(21-16(18)14(12)8-10)11-4-6-13(7-5-11)17(19)20/h2-8,15H,9H2,1H3. The Morgan fingerprint density at radius 3 is 2.57 bits per heavy atom. The number of aryl methyl sites for hydroxylation is 1. The summed E-state index contributed by atoms with van der Waals surface area (Å²) < 4.78 is 5.45. The predicted octanol–water partition coefficient (Wildman–Crippen LogP) is 3.36. The highest BCUT2D eigenvalue weighted by atomic mass is 16.6. The highest BCUT2D eigenvalue weighted by molar-refractivity contribution is 5.92. The SMILES string of the molecule is Cc1ccc2c(c1)C(=O)OC(c1ccc([N+](=O)[O-])cc1)C2. The van der Waals surface area contributed by atoms with Crippen LogP contribution in [-0.4, -0.2) is 10.9 Å². The molecule has 0 saturated carbocycles. The lowest BCUT2D eigenvalue weighted by molar-refractivity contribution is -0.384. The number of nitro benzene ring substituents is 1. The number of cyclic esters (lactones) is 1. The smallest absolute Gasteiger partial charge is 0.339 e. The number of hydrogen-bond donors (Lipinski definition) is 0. The molecule has 0 fully saturated rings. The van der Waals surface area contributed by atoms with Gasteiger partial charge in [-0.05, 0) is 36.2 Å². The van der Waals surface area contributed by atoms with Gasteiger partial charge in [-0.3, -0.25) is 10.1 Å². The van der Waals surface area contributed by atoms with Crippen molar-refractivity contribution in [2.24, 2.45) is 0 Å². The fraction of sp³-hybridized carbons (Fsp3) is 0.188. The molecule has 2 aromatic rings. The van der Waals surface area contributed by atoms with Gasteiger partial charge >= 0.3 is 5.97 Å². The van der Waals surface area contributed by atoms with E-state index in [0.29, 0.717) is 12.0 Å². The average Bonchev–Trinajstić information content (AvgIpc) is 2.48. The maximum Gasteiger partial charge on any atom is 0.339 e. The molecule has 0 spiro atoms. The maximum atomic E-state index is 12.1. The third-order valence-electron chi connectivity index (χ3n) is 3.62. The minimum atomic E-state index is -0.450. The van der Waals surface area contributed by atoms with E-state index in [0.717, 1.165) is 16.7 Å². The molecule has 5 heteroatoms. The fourth-order valence-corrected chi connectivity index (χ4v) is 2.49. The second-order valence-corrected chi connectivity index (χ2v) is 5.11. The predicted molar refractivity (Wildman–Crippen MR) is 76.1 cm³/mol. The van der Waals surface area contributed by atoms with Crippen LogP contribution in [0.1, 0.15) is 33.2 Å². The minimum Gasteiger partial charge on any atom is -0.454 e. The normalized spacial score (nSPS) is 17.0. The zero-order chi connectivity index (χ0) is 15.0. The summed E-state index contributed by atoms with van der Waals surface area (Å²) in [6, 6.07) is 11.8. The third-order valence-corrected chi connectivity index (χ3v) is 3.62. The molecule has 21 heavy (non-hydrogen) atoms. The number of fused-ring (bicyclic) bond motifs is 1. The Hall–Kier alpha value is -2.69. The molecular formula is C16H13NO4. The van der Waals surface area contributed by atoms with Crippen LogP contribution in [0.5, 0.6) is 0 Å². The van der Waals surface area contributed by atoms with Crippen molar-refractivity contribution in [3.8, 4) is 0 Å². The molecule has 1 aliphatic heterocycles. The lowest BCUT2D eigenvalue weighted by Crippen LogP contribution is -2.21. The van der Waals surface area contributed by atoms with E-state index in [1.165, 1.54) is 12.1 Å². The van der Waals surface area contributed by atoms with Crippen LogP contribution in [0.25, 0.3) is 0 Å². The van der Waals surface area contributed by atoms with Crippen LogP contribution in [0.2, 0.25) is 0 Å². The Morgan fingerprint density at radius 1 is 1.19 bits per heavy atom. The summed E-state index contributed by atoms with van der Waals surface area (Å²) in [6.07, 6.45) is 0.188. The zero-order valence-corrected chi connectivity index (χ0v) is 11.4. The van der Waals surface area contributed by atoms with Crippen molar-refractivity contribution in [2.45, 2.75) is 19.4 Å². The Kier molecular flexibility index (Phi) is 3.17. The van der Waals surface area contributed by atoms with E-state index in [9.17, 15) is 14.9 Å². The molecule has 0 radical (unpaired) electrons. The van der Waals surface area contributed by atoms with Gasteiger partial charge in [-0.1, -0.05) is 17.7 Å². The second kappa shape index (κ2) is 5.01. The molecule has 3 rings (SSSR count). The van der Waals surface area contributed by atoms with Gasteiger partial charge in [0.2, 0.25) is 0 Å². The number of hydrogen-bond acceptors (Lipinski definition) is 4. The third kappa shape index (κ3) is 2.50. The first-order chi connectivity index (χ1) is 10.0. The molecule has 0 aliphatic carbocycles. The van der Waals surface area contributed by atoms with Crippen LogP contribution in [0.4, 0.5) is 5.69 Å². The Labute approximate surface area is 121 Å². The van der Waals surface area contributed by atoms with E-state index in [1.54, 1.807) is 12.1 Å². The molecule has 106 valence electrons. The molecular weight excluding hydrogens is 270 g/mol. The summed E-state index contributed by atoms with van der Waals surface area (Å²) in [7, 11) is 0. The minimum absolute atomic E-state index is 0.0249. The van der Waals surface area contributed by atoms with Gasteiger partial charge in [-0.2, -0.15) is 0 Å². The number of nitrogens with zero attached hydrogens (tertiary/aromatic N) is 1. The van der Waals surface area contributed by atoms with E-state index >= 15 is 0 Å². The van der Waals surface area contributed by atoms with E-state index in [1.807, 2.05) is 25.1 Å². The molecule has 0 amide bonds. The number of carbonyl (C=O) groups excluding carboxylic acids is 1. The van der Waals surface area contributed by atoms with Crippen molar-refractivity contribution >= 4 is 11.7 Å². The molecule has 1 atom stereocenters. The van der Waals surface area contributed by atoms with Crippen molar-refractivity contribution < 1.29 is 14.5 Å². The molecule has 0 bridgehead atoms. The lowest BCUT2D eigenvalue weighted by atomic mass is 9.93. The van der Waals surface area contributed by atoms with Crippen LogP contribution < -0.4 is 0 Å². The Balaban J connectivity index is 1.90. The summed E-state index contributed by atoms with van der Waals surface area (Å²) in [6.45, 7) is 1.93. The lowest BCUT2D eigenvalue weighted by Gasteiger charge is -2.25. The number of benzene rings is 2. The number of carbonyl (C=O) groups is 1. The van der Waals surface area contributed by atoms with E-state index < -0.39 is 11.0 Å². The van der Waals surface area contributed by atoms with Gasteiger partial charge in [0.05, 0.1) is 10.5 Å².